The largest absolute Gasteiger partial charge is 0.387 e. The molecule has 0 bridgehead atoms. The number of guanidine groups is 1. The SMILES string of the molecule is CCNC(=NCC1(O)CCSC1)NCCc1c[nH]c2c(C)cccc12.I. The van der Waals surface area contributed by atoms with E-state index in [4.69, 9.17) is 0 Å². The number of halogens is 1. The molecule has 1 saturated heterocycles. The van der Waals surface area contributed by atoms with Crippen molar-refractivity contribution in [3.63, 3.8) is 0 Å². The van der Waals surface area contributed by atoms with E-state index >= 15 is 0 Å². The van der Waals surface area contributed by atoms with E-state index in [1.54, 1.807) is 11.8 Å². The van der Waals surface area contributed by atoms with E-state index in [0.717, 1.165) is 43.4 Å². The maximum absolute atomic E-state index is 10.4. The van der Waals surface area contributed by atoms with Gasteiger partial charge in [-0.25, -0.2) is 0 Å². The number of thioether (sulfide) groups is 1. The number of benzene rings is 1. The van der Waals surface area contributed by atoms with Gasteiger partial charge in [-0.15, -0.1) is 24.0 Å². The molecule has 26 heavy (non-hydrogen) atoms. The van der Waals surface area contributed by atoms with Crippen LogP contribution in [0.1, 0.15) is 24.5 Å². The van der Waals surface area contributed by atoms with Gasteiger partial charge in [0.15, 0.2) is 5.96 Å². The number of aliphatic imine (C=N–C) groups is 1. The zero-order valence-corrected chi connectivity index (χ0v) is 18.6. The third-order valence-corrected chi connectivity index (χ3v) is 5.89. The Morgan fingerprint density at radius 2 is 2.23 bits per heavy atom. The first kappa shape index (κ1) is 21.4. The van der Waals surface area contributed by atoms with Crippen LogP contribution in [-0.2, 0) is 6.42 Å². The van der Waals surface area contributed by atoms with E-state index in [9.17, 15) is 5.11 Å². The summed E-state index contributed by atoms with van der Waals surface area (Å²) in [6, 6.07) is 6.40. The minimum absolute atomic E-state index is 0. The fraction of sp³-hybridized carbons (Fsp3) is 0.526. The third kappa shape index (κ3) is 5.29. The number of aromatic nitrogens is 1. The van der Waals surface area contributed by atoms with Crippen LogP contribution < -0.4 is 10.6 Å². The van der Waals surface area contributed by atoms with Crippen LogP contribution in [0.5, 0.6) is 0 Å². The molecule has 4 N–H and O–H groups in total. The van der Waals surface area contributed by atoms with Gasteiger partial charge in [-0.2, -0.15) is 11.8 Å². The van der Waals surface area contributed by atoms with Crippen molar-refractivity contribution in [3.8, 4) is 0 Å². The molecule has 144 valence electrons. The van der Waals surface area contributed by atoms with Crippen molar-refractivity contribution in [3.05, 3.63) is 35.5 Å². The zero-order chi connectivity index (χ0) is 17.7. The van der Waals surface area contributed by atoms with Crippen molar-refractivity contribution in [2.24, 2.45) is 4.99 Å². The number of hydrogen-bond donors (Lipinski definition) is 4. The Bertz CT molecular complexity index is 740. The number of nitrogens with one attached hydrogen (secondary N) is 3. The lowest BCUT2D eigenvalue weighted by molar-refractivity contribution is 0.0778. The van der Waals surface area contributed by atoms with E-state index in [1.807, 2.05) is 0 Å². The quantitative estimate of drug-likeness (QED) is 0.287. The highest BCUT2D eigenvalue weighted by atomic mass is 127. The molecule has 7 heteroatoms. The van der Waals surface area contributed by atoms with Crippen LogP contribution in [0.3, 0.4) is 0 Å². The predicted octanol–water partition coefficient (Wildman–Crippen LogP) is 3.06. The topological polar surface area (TPSA) is 72.4 Å². The number of para-hydroxylation sites is 1. The Kier molecular flexibility index (Phi) is 8.09. The Labute approximate surface area is 176 Å². The van der Waals surface area contributed by atoms with E-state index < -0.39 is 5.60 Å². The molecule has 1 aliphatic heterocycles. The molecule has 2 heterocycles. The van der Waals surface area contributed by atoms with Crippen molar-refractivity contribution in [1.29, 1.82) is 0 Å². The zero-order valence-electron chi connectivity index (χ0n) is 15.5. The molecule has 1 aliphatic rings. The highest BCUT2D eigenvalue weighted by Crippen LogP contribution is 2.27. The molecule has 1 fully saturated rings. The van der Waals surface area contributed by atoms with E-state index in [0.29, 0.717) is 6.54 Å². The molecule has 0 radical (unpaired) electrons. The molecule has 1 aromatic carbocycles. The van der Waals surface area contributed by atoms with Crippen LogP contribution in [0.15, 0.2) is 29.4 Å². The first-order valence-electron chi connectivity index (χ1n) is 8.99. The van der Waals surface area contributed by atoms with Crippen LogP contribution in [0, 0.1) is 6.92 Å². The number of rotatable bonds is 6. The number of aliphatic hydroxyl groups is 1. The smallest absolute Gasteiger partial charge is 0.191 e. The van der Waals surface area contributed by atoms with E-state index in [1.165, 1.54) is 22.0 Å². The van der Waals surface area contributed by atoms with Gasteiger partial charge in [0.1, 0.15) is 0 Å². The van der Waals surface area contributed by atoms with Crippen molar-refractivity contribution < 1.29 is 5.11 Å². The summed E-state index contributed by atoms with van der Waals surface area (Å²) in [6.45, 7) is 6.26. The minimum Gasteiger partial charge on any atom is -0.387 e. The summed E-state index contributed by atoms with van der Waals surface area (Å²) in [7, 11) is 0. The second kappa shape index (κ2) is 9.85. The van der Waals surface area contributed by atoms with Crippen molar-refractivity contribution in [1.82, 2.24) is 15.6 Å². The van der Waals surface area contributed by atoms with Gasteiger partial charge in [-0.1, -0.05) is 18.2 Å². The van der Waals surface area contributed by atoms with Gasteiger partial charge in [0, 0.05) is 35.9 Å². The molecular weight excluding hydrogens is 459 g/mol. The molecule has 1 aromatic heterocycles. The lowest BCUT2D eigenvalue weighted by atomic mass is 10.1. The van der Waals surface area contributed by atoms with Crippen LogP contribution >= 0.6 is 35.7 Å². The summed E-state index contributed by atoms with van der Waals surface area (Å²) in [4.78, 5) is 7.96. The van der Waals surface area contributed by atoms with Gasteiger partial charge < -0.3 is 20.7 Å². The number of fused-ring (bicyclic) bond motifs is 1. The summed E-state index contributed by atoms with van der Waals surface area (Å²) in [5, 5.41) is 18.4. The number of hydrogen-bond acceptors (Lipinski definition) is 3. The standard InChI is InChI=1S/C19H28N4OS.HI/c1-3-20-18(23-12-19(24)8-10-25-13-19)21-9-7-15-11-22-17-14(2)5-4-6-16(15)17;/h4-6,11,22,24H,3,7-10,12-13H2,1-2H3,(H2,20,21,23);1H. The average Bonchev–Trinajstić information content (AvgIpc) is 3.21. The monoisotopic (exact) mass is 488 g/mol. The number of aryl methyl sites for hydroxylation is 1. The molecule has 0 saturated carbocycles. The van der Waals surface area contributed by atoms with Crippen LogP contribution in [0.25, 0.3) is 10.9 Å². The van der Waals surface area contributed by atoms with Crippen LogP contribution in [-0.4, -0.2) is 52.8 Å². The Balaban J connectivity index is 0.00000243. The van der Waals surface area contributed by atoms with Crippen LogP contribution in [0.2, 0.25) is 0 Å². The molecule has 1 atom stereocenters. The lowest BCUT2D eigenvalue weighted by Gasteiger charge is -2.19. The van der Waals surface area contributed by atoms with Gasteiger partial charge in [0.2, 0.25) is 0 Å². The number of H-pyrrole nitrogens is 1. The van der Waals surface area contributed by atoms with Gasteiger partial charge >= 0.3 is 0 Å². The molecule has 0 aliphatic carbocycles. The molecule has 0 amide bonds. The lowest BCUT2D eigenvalue weighted by Crippen LogP contribution is -2.40. The van der Waals surface area contributed by atoms with E-state index in [2.05, 4.69) is 58.9 Å². The molecule has 3 rings (SSSR count). The Hall–Kier alpha value is -0.930. The fourth-order valence-electron chi connectivity index (χ4n) is 3.18. The highest BCUT2D eigenvalue weighted by Gasteiger charge is 2.31. The van der Waals surface area contributed by atoms with Crippen molar-refractivity contribution in [2.75, 3.05) is 31.1 Å². The van der Waals surface area contributed by atoms with E-state index in [-0.39, 0.29) is 24.0 Å². The Morgan fingerprint density at radius 3 is 2.96 bits per heavy atom. The average molecular weight is 488 g/mol. The summed E-state index contributed by atoms with van der Waals surface area (Å²) < 4.78 is 0. The maximum Gasteiger partial charge on any atom is 0.191 e. The van der Waals surface area contributed by atoms with Crippen molar-refractivity contribution >= 4 is 52.6 Å². The fourth-order valence-corrected chi connectivity index (χ4v) is 4.46. The molecule has 0 spiro atoms. The summed E-state index contributed by atoms with van der Waals surface area (Å²) in [5.41, 5.74) is 3.17. The summed E-state index contributed by atoms with van der Waals surface area (Å²) in [5.74, 6) is 2.59. The van der Waals surface area contributed by atoms with Gasteiger partial charge in [-0.3, -0.25) is 4.99 Å². The molecule has 5 nitrogen and oxygen atoms in total. The summed E-state index contributed by atoms with van der Waals surface area (Å²) >= 11 is 1.80. The number of aromatic amines is 1. The number of nitrogens with zero attached hydrogens (tertiary/aromatic N) is 1. The summed E-state index contributed by atoms with van der Waals surface area (Å²) in [6.07, 6.45) is 3.85. The molecule has 1 unspecified atom stereocenters. The highest BCUT2D eigenvalue weighted by molar-refractivity contribution is 14.0. The first-order valence-corrected chi connectivity index (χ1v) is 10.1. The Morgan fingerprint density at radius 1 is 1.38 bits per heavy atom. The van der Waals surface area contributed by atoms with Gasteiger partial charge in [0.05, 0.1) is 12.1 Å². The van der Waals surface area contributed by atoms with Gasteiger partial charge in [0.25, 0.3) is 0 Å². The van der Waals surface area contributed by atoms with Crippen molar-refractivity contribution in [2.45, 2.75) is 32.3 Å². The third-order valence-electron chi connectivity index (χ3n) is 4.65. The second-order valence-electron chi connectivity index (χ2n) is 6.71. The maximum atomic E-state index is 10.4. The molecular formula is C19H29IN4OS. The minimum atomic E-state index is -0.638. The first-order chi connectivity index (χ1) is 12.1. The van der Waals surface area contributed by atoms with Gasteiger partial charge in [-0.05, 0) is 43.6 Å². The normalized spacial score (nSPS) is 20.2. The van der Waals surface area contributed by atoms with Crippen LogP contribution in [0.4, 0.5) is 0 Å². The molecule has 2 aromatic rings. The second-order valence-corrected chi connectivity index (χ2v) is 7.82. The predicted molar refractivity (Wildman–Crippen MR) is 123 cm³/mol.